The summed E-state index contributed by atoms with van der Waals surface area (Å²) in [6, 6.07) is 11.4. The van der Waals surface area contributed by atoms with E-state index in [0.29, 0.717) is 52.6 Å². The van der Waals surface area contributed by atoms with Crippen molar-refractivity contribution in [2.75, 3.05) is 42.8 Å². The van der Waals surface area contributed by atoms with Crippen LogP contribution >= 0.6 is 11.6 Å². The number of ether oxygens (including phenoxy) is 1. The Hall–Kier alpha value is -4.05. The van der Waals surface area contributed by atoms with Gasteiger partial charge in [0, 0.05) is 38.4 Å². The number of amides is 2. The van der Waals surface area contributed by atoms with E-state index in [1.165, 1.54) is 6.20 Å². The molecule has 2 aromatic carbocycles. The zero-order valence-electron chi connectivity index (χ0n) is 20.6. The molecule has 2 aliphatic rings. The van der Waals surface area contributed by atoms with E-state index in [9.17, 15) is 9.59 Å². The van der Waals surface area contributed by atoms with E-state index in [1.54, 1.807) is 19.1 Å². The Balaban J connectivity index is 1.37. The lowest BCUT2D eigenvalue weighted by Gasteiger charge is -2.33. The maximum Gasteiger partial charge on any atom is 0.256 e. The number of benzene rings is 2. The van der Waals surface area contributed by atoms with Crippen molar-refractivity contribution < 1.29 is 14.3 Å². The van der Waals surface area contributed by atoms with Crippen LogP contribution in [0.15, 0.2) is 42.6 Å². The molecule has 0 radical (unpaired) electrons. The number of hydrogen-bond donors (Lipinski definition) is 3. The fourth-order valence-electron chi connectivity index (χ4n) is 4.79. The highest BCUT2D eigenvalue weighted by Crippen LogP contribution is 2.35. The number of carbonyl (C=O) groups excluding carboxylic acids is 2. The van der Waals surface area contributed by atoms with Crippen LogP contribution in [-0.4, -0.2) is 53.9 Å². The van der Waals surface area contributed by atoms with E-state index in [-0.39, 0.29) is 17.7 Å². The van der Waals surface area contributed by atoms with Crippen molar-refractivity contribution in [3.05, 3.63) is 58.7 Å². The zero-order valence-corrected chi connectivity index (χ0v) is 21.4. The highest BCUT2D eigenvalue weighted by molar-refractivity contribution is 6.33. The molecule has 3 heterocycles. The van der Waals surface area contributed by atoms with E-state index in [2.05, 4.69) is 25.5 Å². The van der Waals surface area contributed by atoms with Crippen LogP contribution < -0.4 is 26.0 Å². The molecule has 192 valence electrons. The molecular weight excluding hydrogens is 494 g/mol. The molecule has 2 aliphatic heterocycles. The van der Waals surface area contributed by atoms with Crippen molar-refractivity contribution in [2.45, 2.75) is 19.4 Å². The predicted molar refractivity (Wildman–Crippen MR) is 143 cm³/mol. The largest absolute Gasteiger partial charge is 0.494 e. The number of rotatable bonds is 7. The number of carbonyl (C=O) groups is 2. The molecule has 10 nitrogen and oxygen atoms in total. The second-order valence-electron chi connectivity index (χ2n) is 9.21. The Labute approximate surface area is 219 Å². The summed E-state index contributed by atoms with van der Waals surface area (Å²) >= 11 is 6.39. The number of piperidine rings is 1. The fourth-order valence-corrected chi connectivity index (χ4v) is 4.93. The maximum atomic E-state index is 12.6. The van der Waals surface area contributed by atoms with E-state index in [1.807, 2.05) is 36.4 Å². The molecule has 5 rings (SSSR count). The molecule has 4 N–H and O–H groups in total. The number of aromatic nitrogens is 2. The molecule has 37 heavy (non-hydrogen) atoms. The number of fused-ring (bicyclic) bond motifs is 1. The predicted octanol–water partition coefficient (Wildman–Crippen LogP) is 3.91. The van der Waals surface area contributed by atoms with Crippen LogP contribution in [0.5, 0.6) is 5.75 Å². The average Bonchev–Trinajstić information content (AvgIpc) is 3.20. The highest BCUT2D eigenvalue weighted by Gasteiger charge is 2.28. The van der Waals surface area contributed by atoms with Gasteiger partial charge in [0.2, 0.25) is 11.9 Å². The number of hydrogen-bond acceptors (Lipinski definition) is 8. The molecule has 3 aromatic rings. The van der Waals surface area contributed by atoms with Crippen molar-refractivity contribution in [1.29, 1.82) is 0 Å². The number of halogens is 1. The Morgan fingerprint density at radius 1 is 1.22 bits per heavy atom. The molecule has 1 fully saturated rings. The van der Waals surface area contributed by atoms with Crippen LogP contribution in [0.3, 0.4) is 0 Å². The molecule has 0 spiro atoms. The second kappa shape index (κ2) is 10.1. The summed E-state index contributed by atoms with van der Waals surface area (Å²) in [5.41, 5.74) is 9.34. The lowest BCUT2D eigenvalue weighted by molar-refractivity contribution is -0.122. The molecule has 2 amide bonds. The number of primary amides is 1. The van der Waals surface area contributed by atoms with Gasteiger partial charge in [0.05, 0.1) is 36.2 Å². The smallest absolute Gasteiger partial charge is 0.256 e. The van der Waals surface area contributed by atoms with Crippen LogP contribution in [0.2, 0.25) is 5.02 Å². The fraction of sp³-hybridized carbons (Fsp3) is 0.308. The third-order valence-electron chi connectivity index (χ3n) is 6.74. The SMILES string of the molecule is COc1cc(N2CCCC(C(N)=O)C2)ccc1Nc1ncc(Cl)c(Nc2cccc3c2C(=O)N(C)C3)n1. The van der Waals surface area contributed by atoms with Crippen molar-refractivity contribution in [3.8, 4) is 5.75 Å². The third kappa shape index (κ3) is 4.97. The Bertz CT molecular complexity index is 1370. The summed E-state index contributed by atoms with van der Waals surface area (Å²) in [6.45, 7) is 1.99. The molecule has 1 saturated heterocycles. The number of nitrogens with two attached hydrogens (primary N) is 1. The summed E-state index contributed by atoms with van der Waals surface area (Å²) in [4.78, 5) is 37.0. The minimum absolute atomic E-state index is 0.0534. The number of anilines is 5. The average molecular weight is 522 g/mol. The van der Waals surface area contributed by atoms with E-state index in [0.717, 1.165) is 30.6 Å². The van der Waals surface area contributed by atoms with Crippen molar-refractivity contribution >= 4 is 52.2 Å². The van der Waals surface area contributed by atoms with Gasteiger partial charge in [0.25, 0.3) is 5.91 Å². The van der Waals surface area contributed by atoms with Crippen LogP contribution in [0.1, 0.15) is 28.8 Å². The normalized spacial score (nSPS) is 16.9. The molecule has 1 unspecified atom stereocenters. The lowest BCUT2D eigenvalue weighted by Crippen LogP contribution is -2.41. The zero-order chi connectivity index (χ0) is 26.1. The summed E-state index contributed by atoms with van der Waals surface area (Å²) in [5, 5.41) is 6.70. The first-order chi connectivity index (χ1) is 17.8. The molecule has 1 aromatic heterocycles. The van der Waals surface area contributed by atoms with Crippen LogP contribution in [0, 0.1) is 5.92 Å². The van der Waals surface area contributed by atoms with Gasteiger partial charge >= 0.3 is 0 Å². The van der Waals surface area contributed by atoms with Crippen molar-refractivity contribution in [3.63, 3.8) is 0 Å². The summed E-state index contributed by atoms with van der Waals surface area (Å²) in [6.07, 6.45) is 3.20. The highest BCUT2D eigenvalue weighted by atomic mass is 35.5. The van der Waals surface area contributed by atoms with Gasteiger partial charge in [-0.2, -0.15) is 4.98 Å². The Morgan fingerprint density at radius 3 is 2.84 bits per heavy atom. The van der Waals surface area contributed by atoms with E-state index >= 15 is 0 Å². The van der Waals surface area contributed by atoms with Crippen LogP contribution in [0.25, 0.3) is 0 Å². The van der Waals surface area contributed by atoms with Gasteiger partial charge in [-0.3, -0.25) is 9.59 Å². The van der Waals surface area contributed by atoms with Gasteiger partial charge in [-0.05, 0) is 36.6 Å². The van der Waals surface area contributed by atoms with Gasteiger partial charge in [-0.25, -0.2) is 4.98 Å². The van der Waals surface area contributed by atoms with Gasteiger partial charge in [-0.1, -0.05) is 23.7 Å². The molecule has 0 bridgehead atoms. The van der Waals surface area contributed by atoms with Gasteiger partial charge in [0.15, 0.2) is 5.82 Å². The summed E-state index contributed by atoms with van der Waals surface area (Å²) in [7, 11) is 3.36. The number of nitrogens with one attached hydrogen (secondary N) is 2. The minimum Gasteiger partial charge on any atom is -0.494 e. The number of nitrogens with zero attached hydrogens (tertiary/aromatic N) is 4. The summed E-state index contributed by atoms with van der Waals surface area (Å²) in [5.74, 6) is 0.796. The van der Waals surface area contributed by atoms with Gasteiger partial charge in [0.1, 0.15) is 10.8 Å². The minimum atomic E-state index is -0.268. The van der Waals surface area contributed by atoms with Crippen molar-refractivity contribution in [1.82, 2.24) is 14.9 Å². The molecular formula is C26H28ClN7O3. The molecule has 11 heteroatoms. The first-order valence-electron chi connectivity index (χ1n) is 12.0. The van der Waals surface area contributed by atoms with Crippen LogP contribution in [-0.2, 0) is 11.3 Å². The Morgan fingerprint density at radius 2 is 2.05 bits per heavy atom. The maximum absolute atomic E-state index is 12.6. The molecule has 1 atom stereocenters. The molecule has 0 aliphatic carbocycles. The standard InChI is InChI=1S/C26H28ClN7O3/c1-33-13-15-5-3-7-20(22(15)25(33)36)30-24-18(27)12-29-26(32-24)31-19-9-8-17(11-21(19)37-2)34-10-4-6-16(14-34)23(28)35/h3,5,7-9,11-12,16H,4,6,10,13-14H2,1-2H3,(H2,28,35)(H2,29,30,31,32). The lowest BCUT2D eigenvalue weighted by atomic mass is 9.97. The number of methoxy groups -OCH3 is 1. The first-order valence-corrected chi connectivity index (χ1v) is 12.4. The summed E-state index contributed by atoms with van der Waals surface area (Å²) < 4.78 is 5.63. The second-order valence-corrected chi connectivity index (χ2v) is 9.62. The van der Waals surface area contributed by atoms with E-state index in [4.69, 9.17) is 22.1 Å². The Kier molecular flexibility index (Phi) is 6.75. The van der Waals surface area contributed by atoms with Gasteiger partial charge < -0.3 is 30.9 Å². The van der Waals surface area contributed by atoms with Gasteiger partial charge in [-0.15, -0.1) is 0 Å². The monoisotopic (exact) mass is 521 g/mol. The van der Waals surface area contributed by atoms with Crippen LogP contribution in [0.4, 0.5) is 28.8 Å². The van der Waals surface area contributed by atoms with Crippen molar-refractivity contribution in [2.24, 2.45) is 11.7 Å². The quantitative estimate of drug-likeness (QED) is 0.427. The first kappa shape index (κ1) is 24.6. The topological polar surface area (TPSA) is 126 Å². The third-order valence-corrected chi connectivity index (χ3v) is 7.01. The van der Waals surface area contributed by atoms with E-state index < -0.39 is 0 Å². The molecule has 0 saturated carbocycles.